The van der Waals surface area contributed by atoms with Crippen molar-refractivity contribution >= 4 is 15.9 Å². The average Bonchev–Trinajstić information content (AvgIpc) is 2.76. The van der Waals surface area contributed by atoms with Crippen molar-refractivity contribution in [3.63, 3.8) is 0 Å². The molecule has 0 radical (unpaired) electrons. The standard InChI is InChI=1S/C11H13BrO/c1-11(7-10(11)12)8-5-3-4-6-9(8)13-2/h3-6,10H,7H2,1-2H3. The van der Waals surface area contributed by atoms with Crippen LogP contribution in [0.25, 0.3) is 0 Å². The average molecular weight is 241 g/mol. The van der Waals surface area contributed by atoms with E-state index in [0.29, 0.717) is 4.83 Å². The number of halogens is 1. The van der Waals surface area contributed by atoms with E-state index in [4.69, 9.17) is 4.74 Å². The van der Waals surface area contributed by atoms with Crippen molar-refractivity contribution in [1.82, 2.24) is 0 Å². The molecule has 0 aliphatic heterocycles. The quantitative estimate of drug-likeness (QED) is 0.723. The van der Waals surface area contributed by atoms with Crippen molar-refractivity contribution in [2.75, 3.05) is 7.11 Å². The van der Waals surface area contributed by atoms with Crippen molar-refractivity contribution in [2.24, 2.45) is 0 Å². The molecule has 2 heteroatoms. The number of benzene rings is 1. The van der Waals surface area contributed by atoms with Crippen molar-refractivity contribution < 1.29 is 4.74 Å². The highest BCUT2D eigenvalue weighted by molar-refractivity contribution is 9.09. The molecule has 1 aliphatic carbocycles. The first-order valence-electron chi connectivity index (χ1n) is 4.46. The molecule has 0 heterocycles. The second-order valence-corrected chi connectivity index (χ2v) is 4.89. The number of hydrogen-bond donors (Lipinski definition) is 0. The first-order valence-corrected chi connectivity index (χ1v) is 5.37. The third-order valence-corrected chi connectivity index (χ3v) is 4.19. The summed E-state index contributed by atoms with van der Waals surface area (Å²) in [5, 5.41) is 0. The van der Waals surface area contributed by atoms with Gasteiger partial charge in [0.15, 0.2) is 0 Å². The van der Waals surface area contributed by atoms with Gasteiger partial charge in [0.05, 0.1) is 7.11 Å². The molecule has 2 atom stereocenters. The van der Waals surface area contributed by atoms with E-state index in [9.17, 15) is 0 Å². The van der Waals surface area contributed by atoms with E-state index < -0.39 is 0 Å². The molecule has 0 amide bonds. The van der Waals surface area contributed by atoms with E-state index in [1.54, 1.807) is 7.11 Å². The molecular weight excluding hydrogens is 228 g/mol. The van der Waals surface area contributed by atoms with Gasteiger partial charge in [-0.2, -0.15) is 0 Å². The second-order valence-electron chi connectivity index (χ2n) is 3.79. The van der Waals surface area contributed by atoms with Gasteiger partial charge < -0.3 is 4.74 Å². The Hall–Kier alpha value is -0.500. The lowest BCUT2D eigenvalue weighted by molar-refractivity contribution is 0.405. The van der Waals surface area contributed by atoms with Crippen LogP contribution in [-0.2, 0) is 5.41 Å². The molecule has 0 N–H and O–H groups in total. The molecule has 13 heavy (non-hydrogen) atoms. The Bertz CT molecular complexity index is 324. The third kappa shape index (κ3) is 1.37. The topological polar surface area (TPSA) is 9.23 Å². The monoisotopic (exact) mass is 240 g/mol. The number of alkyl halides is 1. The fraction of sp³-hybridized carbons (Fsp3) is 0.455. The second kappa shape index (κ2) is 3.02. The summed E-state index contributed by atoms with van der Waals surface area (Å²) in [6.07, 6.45) is 1.20. The van der Waals surface area contributed by atoms with Crippen LogP contribution in [0.3, 0.4) is 0 Å². The van der Waals surface area contributed by atoms with E-state index in [2.05, 4.69) is 35.0 Å². The SMILES string of the molecule is COc1ccccc1C1(C)CC1Br. The highest BCUT2D eigenvalue weighted by Gasteiger charge is 2.51. The number of hydrogen-bond acceptors (Lipinski definition) is 1. The lowest BCUT2D eigenvalue weighted by atomic mass is 9.97. The molecule has 0 bridgehead atoms. The number of methoxy groups -OCH3 is 1. The summed E-state index contributed by atoms with van der Waals surface area (Å²) in [5.74, 6) is 1.01. The molecule has 2 rings (SSSR count). The van der Waals surface area contributed by atoms with Crippen LogP contribution in [-0.4, -0.2) is 11.9 Å². The van der Waals surface area contributed by atoms with Crippen LogP contribution in [0.1, 0.15) is 18.9 Å². The van der Waals surface area contributed by atoms with Crippen LogP contribution >= 0.6 is 15.9 Å². The Labute approximate surface area is 87.2 Å². The highest BCUT2D eigenvalue weighted by Crippen LogP contribution is 2.55. The van der Waals surface area contributed by atoms with Gasteiger partial charge in [0.2, 0.25) is 0 Å². The van der Waals surface area contributed by atoms with Crippen molar-refractivity contribution in [3.8, 4) is 5.75 Å². The largest absolute Gasteiger partial charge is 0.496 e. The van der Waals surface area contributed by atoms with Crippen LogP contribution in [0.5, 0.6) is 5.75 Å². The normalized spacial score (nSPS) is 31.5. The molecule has 1 aromatic rings. The molecule has 0 saturated heterocycles. The Morgan fingerprint density at radius 3 is 2.62 bits per heavy atom. The molecule has 0 spiro atoms. The number of para-hydroxylation sites is 1. The highest BCUT2D eigenvalue weighted by atomic mass is 79.9. The van der Waals surface area contributed by atoms with Gasteiger partial charge in [0.25, 0.3) is 0 Å². The van der Waals surface area contributed by atoms with E-state index in [1.807, 2.05) is 12.1 Å². The van der Waals surface area contributed by atoms with Gasteiger partial charge in [0.1, 0.15) is 5.75 Å². The van der Waals surface area contributed by atoms with E-state index in [-0.39, 0.29) is 5.41 Å². The summed E-state index contributed by atoms with van der Waals surface area (Å²) in [6, 6.07) is 8.26. The Morgan fingerprint density at radius 2 is 2.08 bits per heavy atom. The number of ether oxygens (including phenoxy) is 1. The van der Waals surface area contributed by atoms with Gasteiger partial charge >= 0.3 is 0 Å². The van der Waals surface area contributed by atoms with Gasteiger partial charge in [-0.3, -0.25) is 0 Å². The fourth-order valence-electron chi connectivity index (χ4n) is 1.71. The Morgan fingerprint density at radius 1 is 1.46 bits per heavy atom. The summed E-state index contributed by atoms with van der Waals surface area (Å²) in [6.45, 7) is 2.27. The maximum Gasteiger partial charge on any atom is 0.122 e. The Balaban J connectivity index is 2.40. The fourth-order valence-corrected chi connectivity index (χ4v) is 2.63. The zero-order valence-corrected chi connectivity index (χ0v) is 9.47. The minimum absolute atomic E-state index is 0.284. The molecule has 0 aromatic heterocycles. The summed E-state index contributed by atoms with van der Waals surface area (Å²) in [5.41, 5.74) is 1.60. The maximum absolute atomic E-state index is 5.34. The predicted molar refractivity (Wildman–Crippen MR) is 57.7 cm³/mol. The van der Waals surface area contributed by atoms with Crippen molar-refractivity contribution in [2.45, 2.75) is 23.6 Å². The predicted octanol–water partition coefficient (Wildman–Crippen LogP) is 3.12. The van der Waals surface area contributed by atoms with Crippen LogP contribution in [0.4, 0.5) is 0 Å². The molecule has 1 aromatic carbocycles. The molecule has 70 valence electrons. The van der Waals surface area contributed by atoms with Gasteiger partial charge in [-0.1, -0.05) is 41.1 Å². The lowest BCUT2D eigenvalue weighted by Crippen LogP contribution is -2.06. The zero-order valence-electron chi connectivity index (χ0n) is 7.88. The van der Waals surface area contributed by atoms with Crippen LogP contribution < -0.4 is 4.74 Å². The minimum Gasteiger partial charge on any atom is -0.496 e. The third-order valence-electron chi connectivity index (χ3n) is 2.86. The Kier molecular flexibility index (Phi) is 2.11. The van der Waals surface area contributed by atoms with Gasteiger partial charge in [0, 0.05) is 15.8 Å². The number of rotatable bonds is 2. The van der Waals surface area contributed by atoms with Crippen molar-refractivity contribution in [3.05, 3.63) is 29.8 Å². The van der Waals surface area contributed by atoms with Crippen LogP contribution in [0.2, 0.25) is 0 Å². The van der Waals surface area contributed by atoms with Crippen LogP contribution in [0, 0.1) is 0 Å². The van der Waals surface area contributed by atoms with Crippen LogP contribution in [0.15, 0.2) is 24.3 Å². The molecular formula is C11H13BrO. The summed E-state index contributed by atoms with van der Waals surface area (Å²) < 4.78 is 5.34. The van der Waals surface area contributed by atoms with E-state index in [1.165, 1.54) is 12.0 Å². The summed E-state index contributed by atoms with van der Waals surface area (Å²) >= 11 is 3.65. The minimum atomic E-state index is 0.284. The first-order chi connectivity index (χ1) is 6.18. The molecule has 1 nitrogen and oxygen atoms in total. The molecule has 1 aliphatic rings. The summed E-state index contributed by atoms with van der Waals surface area (Å²) in [7, 11) is 1.73. The molecule has 1 saturated carbocycles. The lowest BCUT2D eigenvalue weighted by Gasteiger charge is -2.14. The first kappa shape index (κ1) is 9.07. The van der Waals surface area contributed by atoms with Gasteiger partial charge in [-0.05, 0) is 12.5 Å². The molecule has 1 fully saturated rings. The smallest absolute Gasteiger partial charge is 0.122 e. The summed E-state index contributed by atoms with van der Waals surface area (Å²) in [4.78, 5) is 0.608. The van der Waals surface area contributed by atoms with Crippen molar-refractivity contribution in [1.29, 1.82) is 0 Å². The van der Waals surface area contributed by atoms with Gasteiger partial charge in [-0.25, -0.2) is 0 Å². The van der Waals surface area contributed by atoms with E-state index >= 15 is 0 Å². The maximum atomic E-state index is 5.34. The van der Waals surface area contributed by atoms with E-state index in [0.717, 1.165) is 5.75 Å². The molecule has 2 unspecified atom stereocenters. The zero-order chi connectivity index (χ0) is 9.47. The van der Waals surface area contributed by atoms with Gasteiger partial charge in [-0.15, -0.1) is 0 Å².